The van der Waals surface area contributed by atoms with E-state index in [-0.39, 0.29) is 24.0 Å². The van der Waals surface area contributed by atoms with Crippen molar-refractivity contribution in [2.75, 3.05) is 26.3 Å². The van der Waals surface area contributed by atoms with Crippen LogP contribution in [0.4, 0.5) is 0 Å². The third-order valence-corrected chi connectivity index (χ3v) is 4.67. The van der Waals surface area contributed by atoms with Crippen molar-refractivity contribution < 1.29 is 14.3 Å². The van der Waals surface area contributed by atoms with Gasteiger partial charge in [0, 0.05) is 6.54 Å². The smallest absolute Gasteiger partial charge is 0.260 e. The maximum Gasteiger partial charge on any atom is 0.260 e. The minimum absolute atomic E-state index is 0.00544. The fourth-order valence-corrected chi connectivity index (χ4v) is 3.03. The maximum absolute atomic E-state index is 12.5. The maximum atomic E-state index is 12.5. The molecular weight excluding hydrogens is 326 g/mol. The van der Waals surface area contributed by atoms with Gasteiger partial charge in [-0.3, -0.25) is 4.79 Å². The molecular formula is C22H27NO3. The molecule has 1 heterocycles. The standard InChI is InChI=1S/C22H27NO3/c1-22(2,3)18-9-11-19(12-10-18)26-16-21(24)23-13-14-25-20(15-23)17-7-5-4-6-8-17/h4-12,20H,13-16H2,1-3H3. The van der Waals surface area contributed by atoms with Crippen molar-refractivity contribution in [2.45, 2.75) is 32.3 Å². The van der Waals surface area contributed by atoms with E-state index >= 15 is 0 Å². The average molecular weight is 353 g/mol. The second-order valence-corrected chi connectivity index (χ2v) is 7.67. The van der Waals surface area contributed by atoms with Gasteiger partial charge in [-0.05, 0) is 28.7 Å². The van der Waals surface area contributed by atoms with Gasteiger partial charge in [0.1, 0.15) is 11.9 Å². The lowest BCUT2D eigenvalue weighted by Crippen LogP contribution is -2.44. The summed E-state index contributed by atoms with van der Waals surface area (Å²) in [6, 6.07) is 18.0. The van der Waals surface area contributed by atoms with E-state index in [0.717, 1.165) is 11.3 Å². The first-order valence-electron chi connectivity index (χ1n) is 9.11. The Labute approximate surface area is 155 Å². The molecule has 0 spiro atoms. The summed E-state index contributed by atoms with van der Waals surface area (Å²) in [5.41, 5.74) is 2.45. The number of morpholine rings is 1. The number of carbonyl (C=O) groups excluding carboxylic acids is 1. The minimum Gasteiger partial charge on any atom is -0.484 e. The van der Waals surface area contributed by atoms with Crippen molar-refractivity contribution in [3.05, 3.63) is 65.7 Å². The fourth-order valence-electron chi connectivity index (χ4n) is 3.03. The highest BCUT2D eigenvalue weighted by Crippen LogP contribution is 2.25. The Morgan fingerprint density at radius 3 is 2.46 bits per heavy atom. The van der Waals surface area contributed by atoms with E-state index in [4.69, 9.17) is 9.47 Å². The second-order valence-electron chi connectivity index (χ2n) is 7.67. The Morgan fingerprint density at radius 1 is 1.12 bits per heavy atom. The van der Waals surface area contributed by atoms with Gasteiger partial charge >= 0.3 is 0 Å². The molecule has 2 aromatic carbocycles. The molecule has 1 unspecified atom stereocenters. The molecule has 138 valence electrons. The summed E-state index contributed by atoms with van der Waals surface area (Å²) in [6.07, 6.45) is -0.0695. The van der Waals surface area contributed by atoms with Crippen LogP contribution in [0.2, 0.25) is 0 Å². The van der Waals surface area contributed by atoms with Gasteiger partial charge < -0.3 is 14.4 Å². The average Bonchev–Trinajstić information content (AvgIpc) is 2.66. The zero-order valence-corrected chi connectivity index (χ0v) is 15.8. The van der Waals surface area contributed by atoms with Crippen LogP contribution in [0.3, 0.4) is 0 Å². The van der Waals surface area contributed by atoms with E-state index in [2.05, 4.69) is 32.9 Å². The monoisotopic (exact) mass is 353 g/mol. The molecule has 26 heavy (non-hydrogen) atoms. The number of nitrogens with zero attached hydrogens (tertiary/aromatic N) is 1. The number of rotatable bonds is 4. The Kier molecular flexibility index (Phi) is 5.62. The van der Waals surface area contributed by atoms with Gasteiger partial charge in [-0.1, -0.05) is 63.2 Å². The van der Waals surface area contributed by atoms with Crippen LogP contribution in [-0.4, -0.2) is 37.1 Å². The Balaban J connectivity index is 1.54. The van der Waals surface area contributed by atoms with E-state index in [1.165, 1.54) is 5.56 Å². The quantitative estimate of drug-likeness (QED) is 0.835. The van der Waals surface area contributed by atoms with Crippen LogP contribution in [0.25, 0.3) is 0 Å². The number of benzene rings is 2. The molecule has 4 nitrogen and oxygen atoms in total. The summed E-state index contributed by atoms with van der Waals surface area (Å²) < 4.78 is 11.5. The zero-order chi connectivity index (χ0) is 18.6. The highest BCUT2D eigenvalue weighted by molar-refractivity contribution is 5.78. The first-order valence-corrected chi connectivity index (χ1v) is 9.11. The molecule has 0 N–H and O–H groups in total. The second kappa shape index (κ2) is 7.92. The fraction of sp³-hybridized carbons (Fsp3) is 0.409. The number of hydrogen-bond donors (Lipinski definition) is 0. The highest BCUT2D eigenvalue weighted by Gasteiger charge is 2.25. The predicted molar refractivity (Wildman–Crippen MR) is 102 cm³/mol. The molecule has 0 aromatic heterocycles. The van der Waals surface area contributed by atoms with E-state index in [9.17, 15) is 4.79 Å². The van der Waals surface area contributed by atoms with Gasteiger partial charge in [0.2, 0.25) is 0 Å². The zero-order valence-electron chi connectivity index (χ0n) is 15.8. The molecule has 0 aliphatic carbocycles. The first-order chi connectivity index (χ1) is 12.4. The molecule has 0 saturated carbocycles. The van der Waals surface area contributed by atoms with Gasteiger partial charge in [-0.25, -0.2) is 0 Å². The van der Waals surface area contributed by atoms with Crippen LogP contribution in [0, 0.1) is 0 Å². The summed E-state index contributed by atoms with van der Waals surface area (Å²) in [4.78, 5) is 14.3. The molecule has 1 aliphatic heterocycles. The molecule has 1 aliphatic rings. The van der Waals surface area contributed by atoms with E-state index < -0.39 is 0 Å². The van der Waals surface area contributed by atoms with Gasteiger partial charge in [0.05, 0.1) is 13.2 Å². The summed E-state index contributed by atoms with van der Waals surface area (Å²) in [5, 5.41) is 0. The van der Waals surface area contributed by atoms with Crippen molar-refractivity contribution in [2.24, 2.45) is 0 Å². The number of carbonyl (C=O) groups is 1. The van der Waals surface area contributed by atoms with Crippen molar-refractivity contribution in [1.82, 2.24) is 4.90 Å². The normalized spacial score (nSPS) is 17.8. The Hall–Kier alpha value is -2.33. The summed E-state index contributed by atoms with van der Waals surface area (Å²) in [5.74, 6) is 0.716. The van der Waals surface area contributed by atoms with Gasteiger partial charge in [-0.2, -0.15) is 0 Å². The van der Waals surface area contributed by atoms with Crippen LogP contribution < -0.4 is 4.74 Å². The van der Waals surface area contributed by atoms with Crippen LogP contribution in [0.15, 0.2) is 54.6 Å². The molecule has 4 heteroatoms. The van der Waals surface area contributed by atoms with Gasteiger partial charge in [0.25, 0.3) is 5.91 Å². The molecule has 1 saturated heterocycles. The highest BCUT2D eigenvalue weighted by atomic mass is 16.5. The summed E-state index contributed by atoms with van der Waals surface area (Å²) in [7, 11) is 0. The van der Waals surface area contributed by atoms with E-state index in [1.807, 2.05) is 47.4 Å². The number of amides is 1. The molecule has 1 atom stereocenters. The third kappa shape index (κ3) is 4.64. The molecule has 0 radical (unpaired) electrons. The van der Waals surface area contributed by atoms with E-state index in [1.54, 1.807) is 0 Å². The SMILES string of the molecule is CC(C)(C)c1ccc(OCC(=O)N2CCOC(c3ccccc3)C2)cc1. The Morgan fingerprint density at radius 2 is 1.81 bits per heavy atom. The summed E-state index contributed by atoms with van der Waals surface area (Å²) >= 11 is 0. The molecule has 3 rings (SSSR count). The van der Waals surface area contributed by atoms with Crippen molar-refractivity contribution in [3.8, 4) is 5.75 Å². The lowest BCUT2D eigenvalue weighted by atomic mass is 9.87. The molecule has 1 amide bonds. The predicted octanol–water partition coefficient (Wildman–Crippen LogP) is 3.96. The van der Waals surface area contributed by atoms with Crippen LogP contribution in [0.5, 0.6) is 5.75 Å². The van der Waals surface area contributed by atoms with E-state index in [0.29, 0.717) is 19.7 Å². The molecule has 2 aromatic rings. The Bertz CT molecular complexity index is 719. The van der Waals surface area contributed by atoms with Crippen LogP contribution in [0.1, 0.15) is 38.0 Å². The van der Waals surface area contributed by atoms with Crippen LogP contribution in [-0.2, 0) is 14.9 Å². The molecule has 1 fully saturated rings. The van der Waals surface area contributed by atoms with Gasteiger partial charge in [0.15, 0.2) is 6.61 Å². The lowest BCUT2D eigenvalue weighted by molar-refractivity contribution is -0.141. The minimum atomic E-state index is -0.0695. The number of hydrogen-bond acceptors (Lipinski definition) is 3. The number of ether oxygens (including phenoxy) is 2. The van der Waals surface area contributed by atoms with Crippen molar-refractivity contribution in [1.29, 1.82) is 0 Å². The van der Waals surface area contributed by atoms with Crippen molar-refractivity contribution >= 4 is 5.91 Å². The summed E-state index contributed by atoms with van der Waals surface area (Å²) in [6.45, 7) is 8.29. The van der Waals surface area contributed by atoms with Crippen LogP contribution >= 0.6 is 0 Å². The largest absolute Gasteiger partial charge is 0.484 e. The topological polar surface area (TPSA) is 38.8 Å². The molecule has 0 bridgehead atoms. The van der Waals surface area contributed by atoms with Gasteiger partial charge in [-0.15, -0.1) is 0 Å². The third-order valence-electron chi connectivity index (χ3n) is 4.67. The van der Waals surface area contributed by atoms with Crippen molar-refractivity contribution in [3.63, 3.8) is 0 Å². The first kappa shape index (κ1) is 18.5. The lowest BCUT2D eigenvalue weighted by Gasteiger charge is -2.33.